The summed E-state index contributed by atoms with van der Waals surface area (Å²) in [4.78, 5) is 36.3. The van der Waals surface area contributed by atoms with Gasteiger partial charge in [-0.05, 0) is 37.6 Å². The van der Waals surface area contributed by atoms with Gasteiger partial charge in [0.15, 0.2) is 6.29 Å². The molecule has 2 N–H and O–H groups in total. The molecule has 2 aromatic rings. The molecule has 0 aliphatic rings. The van der Waals surface area contributed by atoms with Gasteiger partial charge >= 0.3 is 12.2 Å². The molecule has 2 rings (SSSR count). The van der Waals surface area contributed by atoms with Gasteiger partial charge in [0.05, 0.1) is 18.7 Å². The van der Waals surface area contributed by atoms with E-state index in [1.807, 2.05) is 0 Å². The maximum atomic E-state index is 12.9. The first-order chi connectivity index (χ1) is 15.1. The van der Waals surface area contributed by atoms with Gasteiger partial charge in [-0.3, -0.25) is 14.9 Å². The third kappa shape index (κ3) is 7.50. The highest BCUT2D eigenvalue weighted by Crippen LogP contribution is 2.28. The van der Waals surface area contributed by atoms with Crippen LogP contribution >= 0.6 is 0 Å². The summed E-state index contributed by atoms with van der Waals surface area (Å²) in [5, 5.41) is 4.61. The van der Waals surface area contributed by atoms with Gasteiger partial charge in [0.1, 0.15) is 0 Å². The molecule has 8 nitrogen and oxygen atoms in total. The Hall–Kier alpha value is -3.18. The zero-order chi connectivity index (χ0) is 23.7. The molecule has 1 aromatic heterocycles. The Balaban J connectivity index is 2.04. The van der Waals surface area contributed by atoms with Gasteiger partial charge in [0, 0.05) is 31.0 Å². The summed E-state index contributed by atoms with van der Waals surface area (Å²) < 4.78 is 50.2. The fraction of sp³-hybridized carbons (Fsp3) is 0.381. The van der Waals surface area contributed by atoms with E-state index in [1.165, 1.54) is 18.2 Å². The van der Waals surface area contributed by atoms with Gasteiger partial charge in [-0.25, -0.2) is 4.79 Å². The van der Waals surface area contributed by atoms with Crippen molar-refractivity contribution in [2.24, 2.45) is 0 Å². The fourth-order valence-electron chi connectivity index (χ4n) is 2.76. The first kappa shape index (κ1) is 25.1. The molecule has 0 fully saturated rings. The number of carbonyl (C=O) groups excluding carboxylic acids is 2. The molecule has 174 valence electrons. The lowest BCUT2D eigenvalue weighted by atomic mass is 10.1. The van der Waals surface area contributed by atoms with Crippen molar-refractivity contribution in [1.29, 1.82) is 0 Å². The monoisotopic (exact) mass is 455 g/mol. The van der Waals surface area contributed by atoms with E-state index in [9.17, 15) is 27.6 Å². The van der Waals surface area contributed by atoms with Crippen molar-refractivity contribution in [1.82, 2.24) is 15.2 Å². The van der Waals surface area contributed by atoms with E-state index in [-0.39, 0.29) is 18.7 Å². The maximum absolute atomic E-state index is 12.9. The second kappa shape index (κ2) is 11.4. The number of carbonyl (C=O) groups is 2. The van der Waals surface area contributed by atoms with Crippen LogP contribution < -0.4 is 16.2 Å². The van der Waals surface area contributed by atoms with Crippen LogP contribution in [0.4, 0.5) is 18.0 Å². The highest BCUT2D eigenvalue weighted by atomic mass is 19.4. The number of benzene rings is 1. The third-order valence-corrected chi connectivity index (χ3v) is 4.21. The normalized spacial score (nSPS) is 11.4. The summed E-state index contributed by atoms with van der Waals surface area (Å²) >= 11 is 0. The van der Waals surface area contributed by atoms with Gasteiger partial charge in [0.25, 0.3) is 11.5 Å². The second-order valence-electron chi connectivity index (χ2n) is 6.59. The van der Waals surface area contributed by atoms with E-state index < -0.39 is 35.5 Å². The van der Waals surface area contributed by atoms with Crippen molar-refractivity contribution in [3.63, 3.8) is 0 Å². The number of hydrogen-bond acceptors (Lipinski definition) is 5. The van der Waals surface area contributed by atoms with Gasteiger partial charge < -0.3 is 19.4 Å². The third-order valence-electron chi connectivity index (χ3n) is 4.21. The summed E-state index contributed by atoms with van der Waals surface area (Å²) in [6.45, 7) is 4.16. The Morgan fingerprint density at radius 3 is 2.41 bits per heavy atom. The standard InChI is InChI=1S/C21H24F3N3O5/c1-3-31-18(32-4-2)11-25-20(30)26-19(29)15-7-5-6-14(10-15)12-27-13-16(21(22,23)24)8-9-17(27)28/h5-10,13,18H,3-4,11-12H2,1-2H3,(H2,25,26,29,30). The lowest BCUT2D eigenvalue weighted by Crippen LogP contribution is -2.43. The Kier molecular flexibility index (Phi) is 8.97. The molecule has 0 aliphatic heterocycles. The first-order valence-corrected chi connectivity index (χ1v) is 9.83. The number of rotatable bonds is 9. The van der Waals surface area contributed by atoms with E-state index in [4.69, 9.17) is 9.47 Å². The van der Waals surface area contributed by atoms with Crippen molar-refractivity contribution in [2.45, 2.75) is 32.9 Å². The van der Waals surface area contributed by atoms with Gasteiger partial charge in [-0.1, -0.05) is 12.1 Å². The van der Waals surface area contributed by atoms with Crippen LogP contribution in [0.15, 0.2) is 47.4 Å². The molecule has 0 saturated carbocycles. The Morgan fingerprint density at radius 1 is 1.09 bits per heavy atom. The predicted octanol–water partition coefficient (Wildman–Crippen LogP) is 2.75. The average Bonchev–Trinajstić information content (AvgIpc) is 2.73. The maximum Gasteiger partial charge on any atom is 0.417 e. The number of nitrogens with one attached hydrogen (secondary N) is 2. The SMILES string of the molecule is CCOC(CNC(=O)NC(=O)c1cccc(Cn2cc(C(F)(F)F)ccc2=O)c1)OCC. The zero-order valence-electron chi connectivity index (χ0n) is 17.6. The van der Waals surface area contributed by atoms with Crippen molar-refractivity contribution >= 4 is 11.9 Å². The molecule has 0 aliphatic carbocycles. The summed E-state index contributed by atoms with van der Waals surface area (Å²) in [5.74, 6) is -0.717. The van der Waals surface area contributed by atoms with E-state index in [1.54, 1.807) is 19.9 Å². The van der Waals surface area contributed by atoms with Crippen molar-refractivity contribution in [2.75, 3.05) is 19.8 Å². The number of ether oxygens (including phenoxy) is 2. The van der Waals surface area contributed by atoms with Crippen LogP contribution in [0.1, 0.15) is 35.3 Å². The molecule has 3 amide bonds. The molecule has 11 heteroatoms. The van der Waals surface area contributed by atoms with Gasteiger partial charge in [0.2, 0.25) is 0 Å². The molecule has 1 heterocycles. The summed E-state index contributed by atoms with van der Waals surface area (Å²) in [6.07, 6.45) is -4.52. The smallest absolute Gasteiger partial charge is 0.351 e. The molecular formula is C21H24F3N3O5. The Bertz CT molecular complexity index is 985. The highest BCUT2D eigenvalue weighted by Gasteiger charge is 2.31. The number of alkyl halides is 3. The minimum absolute atomic E-state index is 0.0271. The molecule has 0 spiro atoms. The number of imide groups is 1. The molecule has 0 bridgehead atoms. The van der Waals surface area contributed by atoms with Crippen LogP contribution in [-0.2, 0) is 22.2 Å². The molecule has 0 radical (unpaired) electrons. The molecular weight excluding hydrogens is 431 g/mol. The van der Waals surface area contributed by atoms with Crippen LogP contribution in [0.25, 0.3) is 0 Å². The van der Waals surface area contributed by atoms with Crippen LogP contribution in [0.3, 0.4) is 0 Å². The topological polar surface area (TPSA) is 98.7 Å². The van der Waals surface area contributed by atoms with Gasteiger partial charge in [-0.2, -0.15) is 13.2 Å². The zero-order valence-corrected chi connectivity index (χ0v) is 17.6. The Morgan fingerprint density at radius 2 is 1.78 bits per heavy atom. The molecule has 0 saturated heterocycles. The van der Waals surface area contributed by atoms with Gasteiger partial charge in [-0.15, -0.1) is 0 Å². The predicted molar refractivity (Wildman–Crippen MR) is 109 cm³/mol. The van der Waals surface area contributed by atoms with Crippen molar-refractivity contribution in [3.8, 4) is 0 Å². The minimum atomic E-state index is -4.59. The van der Waals surface area contributed by atoms with Crippen LogP contribution in [0.2, 0.25) is 0 Å². The molecule has 32 heavy (non-hydrogen) atoms. The van der Waals surface area contributed by atoms with E-state index in [0.29, 0.717) is 24.8 Å². The number of halogens is 3. The van der Waals surface area contributed by atoms with E-state index in [2.05, 4.69) is 10.6 Å². The summed E-state index contributed by atoms with van der Waals surface area (Å²) in [5.41, 5.74) is -1.07. The van der Waals surface area contributed by atoms with Crippen molar-refractivity contribution < 1.29 is 32.2 Å². The summed E-state index contributed by atoms with van der Waals surface area (Å²) in [7, 11) is 0. The summed E-state index contributed by atoms with van der Waals surface area (Å²) in [6, 6.07) is 6.66. The number of pyridine rings is 1. The largest absolute Gasteiger partial charge is 0.417 e. The minimum Gasteiger partial charge on any atom is -0.351 e. The molecule has 1 aromatic carbocycles. The first-order valence-electron chi connectivity index (χ1n) is 9.83. The van der Waals surface area contributed by atoms with E-state index >= 15 is 0 Å². The second-order valence-corrected chi connectivity index (χ2v) is 6.59. The quantitative estimate of drug-likeness (QED) is 0.567. The Labute approximate surface area is 182 Å². The molecule has 0 atom stereocenters. The average molecular weight is 455 g/mol. The highest BCUT2D eigenvalue weighted by molar-refractivity contribution is 6.04. The van der Waals surface area contributed by atoms with Crippen molar-refractivity contribution in [3.05, 3.63) is 69.6 Å². The van der Waals surface area contributed by atoms with E-state index in [0.717, 1.165) is 16.8 Å². The van der Waals surface area contributed by atoms with Crippen LogP contribution in [0.5, 0.6) is 0 Å². The van der Waals surface area contributed by atoms with Crippen LogP contribution in [0, 0.1) is 0 Å². The number of urea groups is 1. The number of amides is 3. The molecule has 0 unspecified atom stereocenters. The van der Waals surface area contributed by atoms with Crippen LogP contribution in [-0.4, -0.2) is 42.6 Å². The number of aromatic nitrogens is 1. The fourth-order valence-corrected chi connectivity index (χ4v) is 2.76. The number of hydrogen-bond donors (Lipinski definition) is 2. The lowest BCUT2D eigenvalue weighted by molar-refractivity contribution is -0.138. The number of nitrogens with zero attached hydrogens (tertiary/aromatic N) is 1. The lowest BCUT2D eigenvalue weighted by Gasteiger charge is -2.17.